The van der Waals surface area contributed by atoms with Crippen LogP contribution in [0.1, 0.15) is 6.92 Å². The van der Waals surface area contributed by atoms with Crippen LogP contribution in [0.2, 0.25) is 0 Å². The summed E-state index contributed by atoms with van der Waals surface area (Å²) in [6.45, 7) is 1.25. The van der Waals surface area contributed by atoms with Gasteiger partial charge in [-0.2, -0.15) is 4.72 Å². The number of methoxy groups -OCH3 is 1. The lowest BCUT2D eigenvalue weighted by Crippen LogP contribution is -2.38. The Hall–Kier alpha value is -2.58. The number of rotatable bonds is 7. The molecule has 0 aliphatic rings. The Morgan fingerprint density at radius 3 is 2.21 bits per heavy atom. The topological polar surface area (TPSA) is 102 Å². The van der Waals surface area contributed by atoms with Crippen molar-refractivity contribution in [3.63, 3.8) is 0 Å². The summed E-state index contributed by atoms with van der Waals surface area (Å²) in [5, 5.41) is 8.79. The first-order valence-corrected chi connectivity index (χ1v) is 8.48. The van der Waals surface area contributed by atoms with Gasteiger partial charge in [0.2, 0.25) is 10.0 Å². The molecule has 0 heterocycles. The number of para-hydroxylation sites is 2. The van der Waals surface area contributed by atoms with Gasteiger partial charge >= 0.3 is 5.97 Å². The first-order valence-electron chi connectivity index (χ1n) is 6.99. The first kappa shape index (κ1) is 17.8. The maximum Gasteiger partial charge on any atom is 0.321 e. The summed E-state index contributed by atoms with van der Waals surface area (Å²) in [5.74, 6) is 0.207. The Balaban J connectivity index is 2.17. The number of hydrogen-bond acceptors (Lipinski definition) is 5. The Bertz CT molecular complexity index is 817. The highest BCUT2D eigenvalue weighted by Crippen LogP contribution is 2.31. The van der Waals surface area contributed by atoms with E-state index in [1.807, 2.05) is 0 Å². The largest absolute Gasteiger partial charge is 0.493 e. The van der Waals surface area contributed by atoms with E-state index in [1.54, 1.807) is 24.3 Å². The van der Waals surface area contributed by atoms with Crippen LogP contribution in [0.4, 0.5) is 0 Å². The predicted octanol–water partition coefficient (Wildman–Crippen LogP) is 2.24. The van der Waals surface area contributed by atoms with Crippen LogP contribution in [-0.4, -0.2) is 32.6 Å². The highest BCUT2D eigenvalue weighted by atomic mass is 32.2. The molecule has 0 unspecified atom stereocenters. The van der Waals surface area contributed by atoms with Gasteiger partial charge < -0.3 is 14.6 Å². The minimum absolute atomic E-state index is 0.0528. The van der Waals surface area contributed by atoms with E-state index in [0.717, 1.165) is 0 Å². The maximum atomic E-state index is 12.1. The number of nitrogens with one attached hydrogen (secondary N) is 1. The molecule has 8 heteroatoms. The van der Waals surface area contributed by atoms with Gasteiger partial charge in [0.25, 0.3) is 0 Å². The van der Waals surface area contributed by atoms with Gasteiger partial charge in [0.05, 0.1) is 12.0 Å². The standard InChI is InChI=1S/C16H17NO6S/c1-11(16(18)19)17-24(20,21)13-9-7-12(8-10-13)23-15-6-4-3-5-14(15)22-2/h3-11,17H,1-2H3,(H,18,19)/t11-/m1/s1. The van der Waals surface area contributed by atoms with Gasteiger partial charge in [-0.1, -0.05) is 12.1 Å². The van der Waals surface area contributed by atoms with E-state index in [1.165, 1.54) is 38.3 Å². The number of aliphatic carboxylic acids is 1. The molecule has 0 aromatic heterocycles. The second-order valence-electron chi connectivity index (χ2n) is 4.91. The number of carboxylic acids is 1. The lowest BCUT2D eigenvalue weighted by atomic mass is 10.3. The molecule has 7 nitrogen and oxygen atoms in total. The summed E-state index contributed by atoms with van der Waals surface area (Å²) in [4.78, 5) is 10.7. The van der Waals surface area contributed by atoms with Crippen LogP contribution < -0.4 is 14.2 Å². The third-order valence-electron chi connectivity index (χ3n) is 3.13. The minimum atomic E-state index is -3.92. The Labute approximate surface area is 139 Å². The van der Waals surface area contributed by atoms with Crippen LogP contribution in [0.3, 0.4) is 0 Å². The van der Waals surface area contributed by atoms with Gasteiger partial charge in [0.1, 0.15) is 11.8 Å². The fourth-order valence-electron chi connectivity index (χ4n) is 1.87. The summed E-state index contributed by atoms with van der Waals surface area (Å²) in [7, 11) is -2.40. The van der Waals surface area contributed by atoms with E-state index in [2.05, 4.69) is 4.72 Å². The van der Waals surface area contributed by atoms with Crippen molar-refractivity contribution in [2.75, 3.05) is 7.11 Å². The highest BCUT2D eigenvalue weighted by Gasteiger charge is 2.21. The number of benzene rings is 2. The number of carboxylic acid groups (broad SMARTS) is 1. The Morgan fingerprint density at radius 2 is 1.67 bits per heavy atom. The molecule has 128 valence electrons. The number of sulfonamides is 1. The van der Waals surface area contributed by atoms with E-state index in [4.69, 9.17) is 14.6 Å². The molecule has 24 heavy (non-hydrogen) atoms. The molecule has 0 aliphatic carbocycles. The van der Waals surface area contributed by atoms with Gasteiger partial charge in [-0.15, -0.1) is 0 Å². The van der Waals surface area contributed by atoms with Crippen molar-refractivity contribution in [3.05, 3.63) is 48.5 Å². The zero-order valence-electron chi connectivity index (χ0n) is 13.1. The molecule has 1 atom stereocenters. The summed E-state index contributed by atoms with van der Waals surface area (Å²) < 4.78 is 37.1. The molecular weight excluding hydrogens is 334 g/mol. The van der Waals surface area contributed by atoms with E-state index in [-0.39, 0.29) is 4.90 Å². The number of ether oxygens (including phenoxy) is 2. The van der Waals surface area contributed by atoms with Crippen molar-refractivity contribution in [2.45, 2.75) is 17.9 Å². The van der Waals surface area contributed by atoms with Crippen molar-refractivity contribution < 1.29 is 27.8 Å². The van der Waals surface area contributed by atoms with Crippen molar-refractivity contribution in [1.82, 2.24) is 4.72 Å². The highest BCUT2D eigenvalue weighted by molar-refractivity contribution is 7.89. The molecule has 0 aliphatic heterocycles. The average Bonchev–Trinajstić information content (AvgIpc) is 2.55. The molecule has 2 aromatic carbocycles. The fourth-order valence-corrected chi connectivity index (χ4v) is 3.06. The van der Waals surface area contributed by atoms with Crippen molar-refractivity contribution in [3.8, 4) is 17.2 Å². The third kappa shape index (κ3) is 4.24. The molecule has 0 bridgehead atoms. The minimum Gasteiger partial charge on any atom is -0.493 e. The van der Waals surface area contributed by atoms with Crippen LogP contribution in [-0.2, 0) is 14.8 Å². The van der Waals surface area contributed by atoms with Gasteiger partial charge in [0.15, 0.2) is 11.5 Å². The molecule has 0 saturated heterocycles. The molecule has 0 spiro atoms. The summed E-state index contributed by atoms with van der Waals surface area (Å²) in [6.07, 6.45) is 0. The van der Waals surface area contributed by atoms with Crippen molar-refractivity contribution >= 4 is 16.0 Å². The van der Waals surface area contributed by atoms with E-state index in [9.17, 15) is 13.2 Å². The van der Waals surface area contributed by atoms with Crippen molar-refractivity contribution in [2.24, 2.45) is 0 Å². The zero-order valence-corrected chi connectivity index (χ0v) is 13.9. The fraction of sp³-hybridized carbons (Fsp3) is 0.188. The molecule has 0 fully saturated rings. The van der Waals surface area contributed by atoms with E-state index in [0.29, 0.717) is 17.2 Å². The summed E-state index contributed by atoms with van der Waals surface area (Å²) >= 11 is 0. The second-order valence-corrected chi connectivity index (χ2v) is 6.62. The van der Waals surface area contributed by atoms with E-state index >= 15 is 0 Å². The average molecular weight is 351 g/mol. The second kappa shape index (κ2) is 7.33. The van der Waals surface area contributed by atoms with Crippen molar-refractivity contribution in [1.29, 1.82) is 0 Å². The SMILES string of the molecule is COc1ccccc1Oc1ccc(S(=O)(=O)N[C@H](C)C(=O)O)cc1. The lowest BCUT2D eigenvalue weighted by molar-refractivity contribution is -0.138. The molecule has 0 radical (unpaired) electrons. The monoisotopic (exact) mass is 351 g/mol. The summed E-state index contributed by atoms with van der Waals surface area (Å²) in [6, 6.07) is 11.5. The van der Waals surface area contributed by atoms with Gasteiger partial charge in [-0.05, 0) is 43.3 Å². The number of hydrogen-bond donors (Lipinski definition) is 2. The molecular formula is C16H17NO6S. The first-order chi connectivity index (χ1) is 11.3. The lowest BCUT2D eigenvalue weighted by Gasteiger charge is -2.12. The predicted molar refractivity (Wildman–Crippen MR) is 86.9 cm³/mol. The quantitative estimate of drug-likeness (QED) is 0.793. The Kier molecular flexibility index (Phi) is 5.42. The molecule has 0 amide bonds. The normalized spacial score (nSPS) is 12.4. The molecule has 2 rings (SSSR count). The molecule has 2 N–H and O–H groups in total. The summed E-state index contributed by atoms with van der Waals surface area (Å²) in [5.41, 5.74) is 0. The van der Waals surface area contributed by atoms with Crippen LogP contribution in [0.15, 0.2) is 53.4 Å². The maximum absolute atomic E-state index is 12.1. The van der Waals surface area contributed by atoms with Crippen LogP contribution in [0, 0.1) is 0 Å². The van der Waals surface area contributed by atoms with Crippen LogP contribution in [0.5, 0.6) is 17.2 Å². The zero-order chi connectivity index (χ0) is 17.7. The van der Waals surface area contributed by atoms with Gasteiger partial charge in [0, 0.05) is 0 Å². The van der Waals surface area contributed by atoms with Gasteiger partial charge in [-0.3, -0.25) is 4.79 Å². The Morgan fingerprint density at radius 1 is 1.08 bits per heavy atom. The third-order valence-corrected chi connectivity index (χ3v) is 4.69. The van der Waals surface area contributed by atoms with E-state index < -0.39 is 22.0 Å². The van der Waals surface area contributed by atoms with Crippen LogP contribution in [0.25, 0.3) is 0 Å². The molecule has 0 saturated carbocycles. The van der Waals surface area contributed by atoms with Gasteiger partial charge in [-0.25, -0.2) is 8.42 Å². The van der Waals surface area contributed by atoms with Crippen LogP contribution >= 0.6 is 0 Å². The smallest absolute Gasteiger partial charge is 0.321 e. The molecule has 2 aromatic rings. The number of carbonyl (C=O) groups is 1.